The quantitative estimate of drug-likeness (QED) is 0.773. The van der Waals surface area contributed by atoms with Crippen molar-refractivity contribution < 1.29 is 0 Å². The molecular weight excluding hydrogens is 258 g/mol. The fourth-order valence-corrected chi connectivity index (χ4v) is 3.82. The van der Waals surface area contributed by atoms with Crippen LogP contribution in [-0.4, -0.2) is 4.38 Å². The minimum atomic E-state index is 0.995. The second kappa shape index (κ2) is 5.63. The molecular formula is C15H13NS2. The fraction of sp³-hybridized carbons (Fsp3) is 0.133. The number of nitrogens with zero attached hydrogens (tertiary/aromatic N) is 1. The van der Waals surface area contributed by atoms with E-state index in [-0.39, 0.29) is 0 Å². The molecule has 0 N–H and O–H groups in total. The average molecular weight is 271 g/mol. The number of rotatable bonds is 2. The summed E-state index contributed by atoms with van der Waals surface area (Å²) >= 11 is 3.67. The molecule has 0 atom stereocenters. The molecule has 1 aliphatic heterocycles. The predicted molar refractivity (Wildman–Crippen MR) is 82.6 cm³/mol. The van der Waals surface area contributed by atoms with Crippen molar-refractivity contribution in [1.29, 1.82) is 0 Å². The van der Waals surface area contributed by atoms with E-state index in [1.807, 2.05) is 23.5 Å². The zero-order valence-electron chi connectivity index (χ0n) is 9.87. The molecule has 1 heterocycles. The lowest BCUT2D eigenvalue weighted by atomic mass is 10.2. The molecule has 2 aromatic rings. The Labute approximate surface area is 116 Å². The minimum absolute atomic E-state index is 0.995. The maximum absolute atomic E-state index is 4.70. The molecule has 0 saturated heterocycles. The Morgan fingerprint density at radius 1 is 1.00 bits per heavy atom. The second-order valence-electron chi connectivity index (χ2n) is 4.07. The third-order valence-electron chi connectivity index (χ3n) is 2.76. The molecule has 90 valence electrons. The monoisotopic (exact) mass is 271 g/mol. The van der Waals surface area contributed by atoms with Gasteiger partial charge in [-0.3, -0.25) is 0 Å². The molecule has 0 fully saturated rings. The van der Waals surface area contributed by atoms with E-state index in [1.165, 1.54) is 15.5 Å². The first kappa shape index (κ1) is 11.9. The van der Waals surface area contributed by atoms with Gasteiger partial charge in [0.1, 0.15) is 4.38 Å². The third kappa shape index (κ3) is 2.79. The Morgan fingerprint density at radius 2 is 1.78 bits per heavy atom. The SMILES string of the molecule is c1ccc(CSC2=Nc3ccccc3CS2)cc1. The van der Waals surface area contributed by atoms with E-state index in [0.29, 0.717) is 0 Å². The number of thioether (sulfide) groups is 2. The van der Waals surface area contributed by atoms with E-state index in [2.05, 4.69) is 54.6 Å². The number of hydrogen-bond donors (Lipinski definition) is 0. The number of fused-ring (bicyclic) bond motifs is 1. The molecule has 0 spiro atoms. The number of aliphatic imine (C=N–C) groups is 1. The molecule has 0 amide bonds. The smallest absolute Gasteiger partial charge is 0.131 e. The van der Waals surface area contributed by atoms with Crippen molar-refractivity contribution in [3.8, 4) is 0 Å². The molecule has 0 aliphatic carbocycles. The third-order valence-corrected chi connectivity index (χ3v) is 5.08. The Morgan fingerprint density at radius 3 is 2.67 bits per heavy atom. The summed E-state index contributed by atoms with van der Waals surface area (Å²) in [6.45, 7) is 0. The topological polar surface area (TPSA) is 12.4 Å². The van der Waals surface area contributed by atoms with Crippen molar-refractivity contribution in [2.45, 2.75) is 11.5 Å². The van der Waals surface area contributed by atoms with Crippen molar-refractivity contribution in [3.05, 3.63) is 65.7 Å². The van der Waals surface area contributed by atoms with Crippen LogP contribution in [0.2, 0.25) is 0 Å². The highest BCUT2D eigenvalue weighted by Gasteiger charge is 2.12. The zero-order valence-corrected chi connectivity index (χ0v) is 11.5. The largest absolute Gasteiger partial charge is 0.235 e. The molecule has 0 bridgehead atoms. The minimum Gasteiger partial charge on any atom is -0.235 e. The van der Waals surface area contributed by atoms with Gasteiger partial charge in [-0.2, -0.15) is 0 Å². The predicted octanol–water partition coefficient (Wildman–Crippen LogP) is 4.85. The first-order valence-corrected chi connectivity index (χ1v) is 7.85. The first-order valence-electron chi connectivity index (χ1n) is 5.88. The molecule has 1 nitrogen and oxygen atoms in total. The lowest BCUT2D eigenvalue weighted by Gasteiger charge is -2.14. The van der Waals surface area contributed by atoms with E-state index in [4.69, 9.17) is 4.99 Å². The normalized spacial score (nSPS) is 13.9. The second-order valence-corrected chi connectivity index (χ2v) is 6.26. The molecule has 0 aromatic heterocycles. The van der Waals surface area contributed by atoms with Crippen LogP contribution < -0.4 is 0 Å². The molecule has 0 saturated carbocycles. The Hall–Kier alpha value is -1.19. The van der Waals surface area contributed by atoms with Crippen LogP contribution in [0.15, 0.2) is 59.6 Å². The van der Waals surface area contributed by atoms with Gasteiger partial charge in [-0.15, -0.1) is 0 Å². The van der Waals surface area contributed by atoms with E-state index in [9.17, 15) is 0 Å². The molecule has 18 heavy (non-hydrogen) atoms. The van der Waals surface area contributed by atoms with Crippen LogP contribution in [0.5, 0.6) is 0 Å². The Balaban J connectivity index is 1.70. The van der Waals surface area contributed by atoms with Crippen LogP contribution in [0.3, 0.4) is 0 Å². The van der Waals surface area contributed by atoms with Crippen LogP contribution in [0.25, 0.3) is 0 Å². The highest BCUT2D eigenvalue weighted by atomic mass is 32.2. The molecule has 0 radical (unpaired) electrons. The number of para-hydroxylation sites is 1. The summed E-state index contributed by atoms with van der Waals surface area (Å²) in [5.74, 6) is 2.03. The summed E-state index contributed by atoms with van der Waals surface area (Å²) in [6.07, 6.45) is 0. The molecule has 2 aromatic carbocycles. The van der Waals surface area contributed by atoms with Crippen molar-refractivity contribution >= 4 is 33.6 Å². The standard InChI is InChI=1S/C15H13NS2/c1-2-6-12(7-3-1)10-17-15-16-14-9-5-4-8-13(14)11-18-15/h1-9H,10-11H2. The molecule has 3 rings (SSSR count). The van der Waals surface area contributed by atoms with Gasteiger partial charge in [-0.1, -0.05) is 72.1 Å². The maximum atomic E-state index is 4.70. The Kier molecular flexibility index (Phi) is 3.72. The van der Waals surface area contributed by atoms with Gasteiger partial charge in [0.25, 0.3) is 0 Å². The van der Waals surface area contributed by atoms with Gasteiger partial charge in [0.2, 0.25) is 0 Å². The van der Waals surface area contributed by atoms with Crippen LogP contribution in [0.4, 0.5) is 5.69 Å². The van der Waals surface area contributed by atoms with Crippen molar-refractivity contribution in [2.24, 2.45) is 4.99 Å². The summed E-state index contributed by atoms with van der Waals surface area (Å²) in [7, 11) is 0. The van der Waals surface area contributed by atoms with Crippen LogP contribution in [-0.2, 0) is 11.5 Å². The van der Waals surface area contributed by atoms with Crippen LogP contribution in [0.1, 0.15) is 11.1 Å². The van der Waals surface area contributed by atoms with Gasteiger partial charge >= 0.3 is 0 Å². The van der Waals surface area contributed by atoms with Gasteiger partial charge in [-0.25, -0.2) is 4.99 Å². The van der Waals surface area contributed by atoms with E-state index in [0.717, 1.165) is 17.2 Å². The van der Waals surface area contributed by atoms with Crippen molar-refractivity contribution in [1.82, 2.24) is 0 Å². The number of hydrogen-bond acceptors (Lipinski definition) is 3. The van der Waals surface area contributed by atoms with Crippen LogP contribution >= 0.6 is 23.5 Å². The summed E-state index contributed by atoms with van der Waals surface area (Å²) in [5.41, 5.74) is 3.82. The molecule has 1 aliphatic rings. The zero-order chi connectivity index (χ0) is 12.2. The summed E-state index contributed by atoms with van der Waals surface area (Å²) in [5, 5.41) is 0. The summed E-state index contributed by atoms with van der Waals surface area (Å²) in [4.78, 5) is 4.70. The summed E-state index contributed by atoms with van der Waals surface area (Å²) in [6, 6.07) is 18.9. The van der Waals surface area contributed by atoms with Gasteiger partial charge in [0.05, 0.1) is 5.69 Å². The molecule has 3 heteroatoms. The fourth-order valence-electron chi connectivity index (χ4n) is 1.81. The van der Waals surface area contributed by atoms with Gasteiger partial charge < -0.3 is 0 Å². The lowest BCUT2D eigenvalue weighted by Crippen LogP contribution is -1.96. The highest BCUT2D eigenvalue weighted by Crippen LogP contribution is 2.35. The summed E-state index contributed by atoms with van der Waals surface area (Å²) < 4.78 is 1.18. The van der Waals surface area contributed by atoms with Gasteiger partial charge in [-0.05, 0) is 17.2 Å². The maximum Gasteiger partial charge on any atom is 0.131 e. The van der Waals surface area contributed by atoms with Gasteiger partial charge in [0, 0.05) is 11.5 Å². The van der Waals surface area contributed by atoms with E-state index < -0.39 is 0 Å². The average Bonchev–Trinajstić information content (AvgIpc) is 2.46. The highest BCUT2D eigenvalue weighted by molar-refractivity contribution is 8.38. The van der Waals surface area contributed by atoms with E-state index in [1.54, 1.807) is 0 Å². The molecule has 0 unspecified atom stereocenters. The van der Waals surface area contributed by atoms with Crippen molar-refractivity contribution in [2.75, 3.05) is 0 Å². The van der Waals surface area contributed by atoms with Crippen LogP contribution in [0, 0.1) is 0 Å². The lowest BCUT2D eigenvalue weighted by molar-refractivity contribution is 1.36. The first-order chi connectivity index (χ1) is 8.92. The van der Waals surface area contributed by atoms with Crippen molar-refractivity contribution in [3.63, 3.8) is 0 Å². The Bertz CT molecular complexity index is 564. The van der Waals surface area contributed by atoms with E-state index >= 15 is 0 Å². The number of benzene rings is 2. The van der Waals surface area contributed by atoms with Gasteiger partial charge in [0.15, 0.2) is 0 Å².